The second-order valence-corrected chi connectivity index (χ2v) is 5.17. The molecule has 19 heavy (non-hydrogen) atoms. The highest BCUT2D eigenvalue weighted by molar-refractivity contribution is 5.81. The van der Waals surface area contributed by atoms with Gasteiger partial charge in [-0.25, -0.2) is 0 Å². The number of carbonyl (C=O) groups is 1. The van der Waals surface area contributed by atoms with Crippen molar-refractivity contribution >= 4 is 5.91 Å². The van der Waals surface area contributed by atoms with Gasteiger partial charge in [0.25, 0.3) is 0 Å². The number of rotatable bonds is 5. The molecule has 0 N–H and O–H groups in total. The van der Waals surface area contributed by atoms with E-state index in [1.807, 2.05) is 28.9 Å². The molecule has 1 saturated heterocycles. The van der Waals surface area contributed by atoms with E-state index in [2.05, 4.69) is 16.9 Å². The maximum Gasteiger partial charge on any atom is 0.239 e. The molecule has 1 fully saturated rings. The zero-order valence-corrected chi connectivity index (χ0v) is 12.0. The number of likely N-dealkylation sites (N-methyl/N-ethyl adjacent to an activating group) is 2. The summed E-state index contributed by atoms with van der Waals surface area (Å²) in [7, 11) is 1.90. The molecular formula is C14H24N4O. The van der Waals surface area contributed by atoms with E-state index in [0.717, 1.165) is 26.1 Å². The summed E-state index contributed by atoms with van der Waals surface area (Å²) < 4.78 is 1.86. The largest absolute Gasteiger partial charge is 0.343 e. The van der Waals surface area contributed by atoms with E-state index in [-0.39, 0.29) is 11.9 Å². The van der Waals surface area contributed by atoms with Crippen LogP contribution in [0.3, 0.4) is 0 Å². The van der Waals surface area contributed by atoms with Gasteiger partial charge in [-0.2, -0.15) is 5.10 Å². The molecule has 2 rings (SSSR count). The number of nitrogens with zero attached hydrogens (tertiary/aromatic N) is 4. The molecule has 0 radical (unpaired) electrons. The highest BCUT2D eigenvalue weighted by Gasteiger charge is 2.29. The lowest BCUT2D eigenvalue weighted by atomic mass is 10.0. The predicted octanol–water partition coefficient (Wildman–Crippen LogP) is 1.22. The van der Waals surface area contributed by atoms with Gasteiger partial charge >= 0.3 is 0 Å². The summed E-state index contributed by atoms with van der Waals surface area (Å²) in [6, 6.07) is 1.99. The van der Waals surface area contributed by atoms with Gasteiger partial charge in [0.2, 0.25) is 5.91 Å². The van der Waals surface area contributed by atoms with Crippen LogP contribution >= 0.6 is 0 Å². The molecule has 0 bridgehead atoms. The number of piperidine rings is 1. The molecule has 0 aromatic carbocycles. The monoisotopic (exact) mass is 264 g/mol. The number of carbonyl (C=O) groups excluding carboxylic acids is 1. The average molecular weight is 264 g/mol. The first-order chi connectivity index (χ1) is 9.22. The standard InChI is InChI=1S/C14H24N4O/c1-3-17-9-5-4-7-13(17)14(19)16(2)11-12-18-10-6-8-15-18/h6,8,10,13H,3-5,7,9,11-12H2,1-2H3/t13-/m1/s1. The van der Waals surface area contributed by atoms with Gasteiger partial charge in [-0.3, -0.25) is 14.4 Å². The average Bonchev–Trinajstić information content (AvgIpc) is 2.97. The van der Waals surface area contributed by atoms with Crippen LogP contribution in [0.5, 0.6) is 0 Å². The lowest BCUT2D eigenvalue weighted by Gasteiger charge is -2.36. The number of hydrogen-bond acceptors (Lipinski definition) is 3. The van der Waals surface area contributed by atoms with Crippen molar-refractivity contribution in [1.82, 2.24) is 19.6 Å². The fourth-order valence-electron chi connectivity index (χ4n) is 2.70. The summed E-state index contributed by atoms with van der Waals surface area (Å²) in [4.78, 5) is 16.6. The van der Waals surface area contributed by atoms with E-state index in [9.17, 15) is 4.79 Å². The molecule has 0 spiro atoms. The molecule has 0 unspecified atom stereocenters. The third-order valence-electron chi connectivity index (χ3n) is 3.90. The molecule has 1 aliphatic rings. The van der Waals surface area contributed by atoms with Gasteiger partial charge in [-0.15, -0.1) is 0 Å². The smallest absolute Gasteiger partial charge is 0.239 e. The van der Waals surface area contributed by atoms with Crippen LogP contribution < -0.4 is 0 Å². The quantitative estimate of drug-likeness (QED) is 0.803. The molecule has 1 amide bonds. The molecule has 0 saturated carbocycles. The lowest BCUT2D eigenvalue weighted by Crippen LogP contribution is -2.50. The first kappa shape index (κ1) is 14.1. The van der Waals surface area contributed by atoms with Crippen LogP contribution in [0.4, 0.5) is 0 Å². The Balaban J connectivity index is 1.86. The van der Waals surface area contributed by atoms with Gasteiger partial charge in [0.05, 0.1) is 12.6 Å². The predicted molar refractivity (Wildman–Crippen MR) is 74.8 cm³/mol. The van der Waals surface area contributed by atoms with Crippen molar-refractivity contribution in [1.29, 1.82) is 0 Å². The second-order valence-electron chi connectivity index (χ2n) is 5.17. The molecule has 5 nitrogen and oxygen atoms in total. The van der Waals surface area contributed by atoms with Crippen molar-refractivity contribution in [2.75, 3.05) is 26.7 Å². The van der Waals surface area contributed by atoms with Crippen molar-refractivity contribution in [3.05, 3.63) is 18.5 Å². The van der Waals surface area contributed by atoms with Gasteiger partial charge in [0.15, 0.2) is 0 Å². The van der Waals surface area contributed by atoms with Crippen LogP contribution in [0, 0.1) is 0 Å². The van der Waals surface area contributed by atoms with Crippen molar-refractivity contribution < 1.29 is 4.79 Å². The first-order valence-electron chi connectivity index (χ1n) is 7.19. The number of amides is 1. The molecule has 1 aromatic rings. The molecule has 5 heteroatoms. The molecule has 0 aliphatic carbocycles. The lowest BCUT2D eigenvalue weighted by molar-refractivity contribution is -0.137. The molecule has 1 atom stereocenters. The third kappa shape index (κ3) is 3.56. The highest BCUT2D eigenvalue weighted by Crippen LogP contribution is 2.18. The molecular weight excluding hydrogens is 240 g/mol. The van der Waals surface area contributed by atoms with Gasteiger partial charge in [0, 0.05) is 26.0 Å². The zero-order valence-electron chi connectivity index (χ0n) is 12.0. The number of aromatic nitrogens is 2. The second kappa shape index (κ2) is 6.70. The Labute approximate surface area is 115 Å². The number of hydrogen-bond donors (Lipinski definition) is 0. The Morgan fingerprint density at radius 3 is 3.00 bits per heavy atom. The SMILES string of the molecule is CCN1CCCC[C@@H]1C(=O)N(C)CCn1cccn1. The summed E-state index contributed by atoms with van der Waals surface area (Å²) >= 11 is 0. The van der Waals surface area contributed by atoms with Crippen LogP contribution in [-0.4, -0.2) is 58.2 Å². The van der Waals surface area contributed by atoms with Crippen molar-refractivity contribution in [2.24, 2.45) is 0 Å². The van der Waals surface area contributed by atoms with Gasteiger partial charge in [0.1, 0.15) is 0 Å². The molecule has 2 heterocycles. The molecule has 106 valence electrons. The van der Waals surface area contributed by atoms with Crippen molar-refractivity contribution in [3.8, 4) is 0 Å². The summed E-state index contributed by atoms with van der Waals surface area (Å²) in [6.45, 7) is 5.63. The summed E-state index contributed by atoms with van der Waals surface area (Å²) in [6.07, 6.45) is 7.08. The Kier molecular flexibility index (Phi) is 4.96. The van der Waals surface area contributed by atoms with E-state index in [1.165, 1.54) is 12.8 Å². The minimum absolute atomic E-state index is 0.0846. The Morgan fingerprint density at radius 2 is 2.32 bits per heavy atom. The molecule has 1 aliphatic heterocycles. The Morgan fingerprint density at radius 1 is 1.47 bits per heavy atom. The van der Waals surface area contributed by atoms with Gasteiger partial charge < -0.3 is 4.90 Å². The van der Waals surface area contributed by atoms with E-state index >= 15 is 0 Å². The summed E-state index contributed by atoms with van der Waals surface area (Å²) in [5.41, 5.74) is 0. The minimum atomic E-state index is 0.0846. The maximum absolute atomic E-state index is 12.5. The van der Waals surface area contributed by atoms with Crippen LogP contribution in [0.2, 0.25) is 0 Å². The summed E-state index contributed by atoms with van der Waals surface area (Å²) in [5, 5.41) is 4.16. The highest BCUT2D eigenvalue weighted by atomic mass is 16.2. The van der Waals surface area contributed by atoms with Crippen LogP contribution in [-0.2, 0) is 11.3 Å². The van der Waals surface area contributed by atoms with Gasteiger partial charge in [-0.05, 0) is 32.0 Å². The minimum Gasteiger partial charge on any atom is -0.343 e. The van der Waals surface area contributed by atoms with Crippen molar-refractivity contribution in [3.63, 3.8) is 0 Å². The topological polar surface area (TPSA) is 41.4 Å². The Bertz CT molecular complexity index is 390. The fourth-order valence-corrected chi connectivity index (χ4v) is 2.70. The van der Waals surface area contributed by atoms with E-state index < -0.39 is 0 Å². The fraction of sp³-hybridized carbons (Fsp3) is 0.714. The first-order valence-corrected chi connectivity index (χ1v) is 7.19. The third-order valence-corrected chi connectivity index (χ3v) is 3.90. The van der Waals surface area contributed by atoms with Gasteiger partial charge in [-0.1, -0.05) is 13.3 Å². The zero-order chi connectivity index (χ0) is 13.7. The van der Waals surface area contributed by atoms with Crippen LogP contribution in [0.15, 0.2) is 18.5 Å². The molecule has 1 aromatic heterocycles. The normalized spacial score (nSPS) is 20.4. The van der Waals surface area contributed by atoms with E-state index in [4.69, 9.17) is 0 Å². The van der Waals surface area contributed by atoms with Crippen LogP contribution in [0.1, 0.15) is 26.2 Å². The summed E-state index contributed by atoms with van der Waals surface area (Å²) in [5.74, 6) is 0.258. The van der Waals surface area contributed by atoms with Crippen molar-refractivity contribution in [2.45, 2.75) is 38.8 Å². The van der Waals surface area contributed by atoms with E-state index in [0.29, 0.717) is 6.54 Å². The maximum atomic E-state index is 12.5. The Hall–Kier alpha value is -1.36. The van der Waals surface area contributed by atoms with E-state index in [1.54, 1.807) is 6.20 Å². The van der Waals surface area contributed by atoms with Crippen LogP contribution in [0.25, 0.3) is 0 Å². The number of likely N-dealkylation sites (tertiary alicyclic amines) is 1.